The maximum Gasteiger partial charge on any atom is 0.414 e. The number of hydrogen-bond acceptors (Lipinski definition) is 6. The lowest BCUT2D eigenvalue weighted by Gasteiger charge is -2.34. The van der Waals surface area contributed by atoms with Crippen molar-refractivity contribution in [3.8, 4) is 5.75 Å². The van der Waals surface area contributed by atoms with E-state index < -0.39 is 11.9 Å². The molecule has 2 aromatic rings. The number of pyridine rings is 1. The number of rotatable bonds is 4. The number of carbonyl (C=O) groups is 3. The van der Waals surface area contributed by atoms with Crippen molar-refractivity contribution < 1.29 is 29.3 Å². The van der Waals surface area contributed by atoms with Crippen LogP contribution < -0.4 is 4.74 Å². The predicted octanol–water partition coefficient (Wildman–Crippen LogP) is 1.20. The molecule has 1 amide bonds. The summed E-state index contributed by atoms with van der Waals surface area (Å²) in [5.41, 5.74) is 1.84. The van der Waals surface area contributed by atoms with Gasteiger partial charge in [0, 0.05) is 45.1 Å². The molecule has 0 atom stereocenters. The second-order valence-corrected chi connectivity index (χ2v) is 6.24. The molecule has 0 spiro atoms. The van der Waals surface area contributed by atoms with Crippen molar-refractivity contribution in [2.45, 2.75) is 6.54 Å². The number of carboxylic acid groups (broad SMARTS) is 2. The summed E-state index contributed by atoms with van der Waals surface area (Å²) in [6.45, 7) is 4.09. The number of aromatic nitrogens is 1. The van der Waals surface area contributed by atoms with Gasteiger partial charge in [-0.2, -0.15) is 0 Å². The zero-order valence-corrected chi connectivity index (χ0v) is 16.0. The lowest BCUT2D eigenvalue weighted by molar-refractivity contribution is -0.159. The van der Waals surface area contributed by atoms with Crippen molar-refractivity contribution in [2.75, 3.05) is 33.3 Å². The van der Waals surface area contributed by atoms with Crippen molar-refractivity contribution in [1.82, 2.24) is 14.8 Å². The Bertz CT molecular complexity index is 823. The maximum absolute atomic E-state index is 12.7. The highest BCUT2D eigenvalue weighted by Crippen LogP contribution is 2.20. The molecule has 0 radical (unpaired) electrons. The van der Waals surface area contributed by atoms with Gasteiger partial charge in [0.15, 0.2) is 0 Å². The largest absolute Gasteiger partial charge is 0.496 e. The summed E-state index contributed by atoms with van der Waals surface area (Å²) in [5.74, 6) is -2.97. The number of aliphatic carboxylic acids is 2. The lowest BCUT2D eigenvalue weighted by Crippen LogP contribution is -2.48. The average Bonchev–Trinajstić information content (AvgIpc) is 2.75. The topological polar surface area (TPSA) is 120 Å². The molecule has 2 N–H and O–H groups in total. The summed E-state index contributed by atoms with van der Waals surface area (Å²) in [6, 6.07) is 11.4. The van der Waals surface area contributed by atoms with Gasteiger partial charge < -0.3 is 19.8 Å². The Morgan fingerprint density at radius 3 is 2.21 bits per heavy atom. The number of benzene rings is 1. The van der Waals surface area contributed by atoms with E-state index >= 15 is 0 Å². The van der Waals surface area contributed by atoms with Gasteiger partial charge in [0.05, 0.1) is 12.7 Å². The molecule has 154 valence electrons. The van der Waals surface area contributed by atoms with Gasteiger partial charge in [-0.1, -0.05) is 18.2 Å². The van der Waals surface area contributed by atoms with Gasteiger partial charge in [-0.05, 0) is 23.8 Å². The summed E-state index contributed by atoms with van der Waals surface area (Å²) < 4.78 is 5.29. The Labute approximate surface area is 168 Å². The second-order valence-electron chi connectivity index (χ2n) is 6.24. The zero-order chi connectivity index (χ0) is 21.2. The highest BCUT2D eigenvalue weighted by Gasteiger charge is 2.24. The molecule has 0 unspecified atom stereocenters. The van der Waals surface area contributed by atoms with Crippen LogP contribution in [-0.4, -0.2) is 76.1 Å². The molecule has 0 bridgehead atoms. The fraction of sp³-hybridized carbons (Fsp3) is 0.300. The minimum Gasteiger partial charge on any atom is -0.496 e. The Balaban J connectivity index is 0.000000438. The average molecular weight is 401 g/mol. The van der Waals surface area contributed by atoms with Crippen LogP contribution in [0.15, 0.2) is 48.8 Å². The van der Waals surface area contributed by atoms with Crippen LogP contribution in [-0.2, 0) is 16.1 Å². The first-order valence-corrected chi connectivity index (χ1v) is 8.92. The molecule has 3 rings (SSSR count). The minimum absolute atomic E-state index is 0.0449. The van der Waals surface area contributed by atoms with Crippen LogP contribution in [0.2, 0.25) is 0 Å². The molecule has 1 saturated heterocycles. The smallest absolute Gasteiger partial charge is 0.414 e. The minimum atomic E-state index is -1.82. The molecule has 1 aromatic carbocycles. The van der Waals surface area contributed by atoms with Crippen LogP contribution >= 0.6 is 0 Å². The summed E-state index contributed by atoms with van der Waals surface area (Å²) in [6.07, 6.45) is 3.68. The maximum atomic E-state index is 12.7. The van der Waals surface area contributed by atoms with Gasteiger partial charge in [-0.3, -0.25) is 14.7 Å². The number of carbonyl (C=O) groups excluding carboxylic acids is 1. The number of piperazine rings is 1. The molecule has 1 aromatic heterocycles. The van der Waals surface area contributed by atoms with E-state index in [2.05, 4.69) is 16.0 Å². The molecule has 29 heavy (non-hydrogen) atoms. The van der Waals surface area contributed by atoms with Crippen LogP contribution in [0.1, 0.15) is 15.9 Å². The Kier molecular flexibility index (Phi) is 8.11. The third-order valence-corrected chi connectivity index (χ3v) is 4.31. The van der Waals surface area contributed by atoms with E-state index in [0.717, 1.165) is 32.7 Å². The first kappa shape index (κ1) is 21.8. The Hall–Kier alpha value is -3.46. The highest BCUT2D eigenvalue weighted by molar-refractivity contribution is 6.27. The first-order valence-electron chi connectivity index (χ1n) is 8.92. The Morgan fingerprint density at radius 2 is 1.66 bits per heavy atom. The third-order valence-electron chi connectivity index (χ3n) is 4.31. The quantitative estimate of drug-likeness (QED) is 0.734. The van der Waals surface area contributed by atoms with Gasteiger partial charge in [0.25, 0.3) is 5.91 Å². The molecule has 0 aliphatic carbocycles. The molecule has 2 heterocycles. The summed E-state index contributed by atoms with van der Waals surface area (Å²) >= 11 is 0. The standard InChI is InChI=1S/C18H21N3O2.C2H2O4/c1-23-17-7-3-2-6-16(17)18(22)21-11-9-20(10-12-21)14-15-5-4-8-19-13-15;3-1(4)2(5)6/h2-8,13H,9-12,14H2,1H3;(H,3,4)(H,5,6). The van der Waals surface area contributed by atoms with Crippen molar-refractivity contribution in [3.63, 3.8) is 0 Å². The molecular formula is C20H23N3O6. The van der Waals surface area contributed by atoms with E-state index in [1.807, 2.05) is 41.4 Å². The third kappa shape index (κ3) is 6.58. The van der Waals surface area contributed by atoms with E-state index in [9.17, 15) is 4.79 Å². The number of nitrogens with zero attached hydrogens (tertiary/aromatic N) is 3. The fourth-order valence-corrected chi connectivity index (χ4v) is 2.85. The van der Waals surface area contributed by atoms with Crippen LogP contribution in [0.4, 0.5) is 0 Å². The van der Waals surface area contributed by atoms with Crippen LogP contribution in [0.25, 0.3) is 0 Å². The number of carboxylic acids is 2. The summed E-state index contributed by atoms with van der Waals surface area (Å²) in [5, 5.41) is 14.8. The second kappa shape index (κ2) is 10.8. The van der Waals surface area contributed by atoms with E-state index in [1.54, 1.807) is 13.3 Å². The molecule has 1 aliphatic heterocycles. The van der Waals surface area contributed by atoms with Crippen LogP contribution in [0, 0.1) is 0 Å². The highest BCUT2D eigenvalue weighted by atomic mass is 16.5. The van der Waals surface area contributed by atoms with Gasteiger partial charge in [0.2, 0.25) is 0 Å². The molecular weight excluding hydrogens is 378 g/mol. The lowest BCUT2D eigenvalue weighted by atomic mass is 10.1. The van der Waals surface area contributed by atoms with Gasteiger partial charge >= 0.3 is 11.9 Å². The van der Waals surface area contributed by atoms with E-state index in [4.69, 9.17) is 24.5 Å². The summed E-state index contributed by atoms with van der Waals surface area (Å²) in [4.78, 5) is 39.3. The zero-order valence-electron chi connectivity index (χ0n) is 16.0. The number of amides is 1. The molecule has 9 heteroatoms. The Morgan fingerprint density at radius 1 is 1.00 bits per heavy atom. The van der Waals surface area contributed by atoms with E-state index in [-0.39, 0.29) is 5.91 Å². The number of methoxy groups -OCH3 is 1. The van der Waals surface area contributed by atoms with Gasteiger partial charge in [-0.15, -0.1) is 0 Å². The van der Waals surface area contributed by atoms with Crippen molar-refractivity contribution in [2.24, 2.45) is 0 Å². The van der Waals surface area contributed by atoms with Crippen molar-refractivity contribution in [1.29, 1.82) is 0 Å². The number of ether oxygens (including phenoxy) is 1. The van der Waals surface area contributed by atoms with Gasteiger partial charge in [0.1, 0.15) is 5.75 Å². The van der Waals surface area contributed by atoms with Crippen molar-refractivity contribution in [3.05, 3.63) is 59.9 Å². The fourth-order valence-electron chi connectivity index (χ4n) is 2.85. The van der Waals surface area contributed by atoms with Gasteiger partial charge in [-0.25, -0.2) is 9.59 Å². The van der Waals surface area contributed by atoms with E-state index in [0.29, 0.717) is 11.3 Å². The number of hydrogen-bond donors (Lipinski definition) is 2. The molecule has 1 aliphatic rings. The van der Waals surface area contributed by atoms with Crippen LogP contribution in [0.5, 0.6) is 5.75 Å². The van der Waals surface area contributed by atoms with Crippen LogP contribution in [0.3, 0.4) is 0 Å². The monoisotopic (exact) mass is 401 g/mol. The first-order chi connectivity index (χ1) is 13.9. The normalized spacial score (nSPS) is 13.8. The molecule has 9 nitrogen and oxygen atoms in total. The SMILES string of the molecule is COc1ccccc1C(=O)N1CCN(Cc2cccnc2)CC1.O=C(O)C(=O)O. The summed E-state index contributed by atoms with van der Waals surface area (Å²) in [7, 11) is 1.60. The number of para-hydroxylation sites is 1. The molecule has 0 saturated carbocycles. The predicted molar refractivity (Wildman–Crippen MR) is 104 cm³/mol. The van der Waals surface area contributed by atoms with E-state index in [1.165, 1.54) is 5.56 Å². The van der Waals surface area contributed by atoms with Crippen molar-refractivity contribution >= 4 is 17.8 Å². The molecule has 1 fully saturated rings.